The van der Waals surface area contributed by atoms with Gasteiger partial charge in [0.15, 0.2) is 18.1 Å². The number of halogens is 1. The summed E-state index contributed by atoms with van der Waals surface area (Å²) in [7, 11) is 0. The molecule has 184 valence electrons. The number of rotatable bonds is 7. The maximum Gasteiger partial charge on any atom is 0.345 e. The minimum atomic E-state index is -1.11. The van der Waals surface area contributed by atoms with Crippen LogP contribution in [0.25, 0.3) is 0 Å². The highest BCUT2D eigenvalue weighted by Crippen LogP contribution is 2.38. The molecule has 1 aliphatic rings. The molecule has 0 atom stereocenters. The second-order valence-corrected chi connectivity index (χ2v) is 7.86. The Kier molecular flexibility index (Phi) is 6.56. The van der Waals surface area contributed by atoms with Crippen LogP contribution in [-0.2, 0) is 16.1 Å². The Balaban J connectivity index is 1.52. The van der Waals surface area contributed by atoms with E-state index in [9.17, 15) is 29.4 Å². The number of carbonyl (C=O) groups is 2. The molecule has 12 heteroatoms. The summed E-state index contributed by atoms with van der Waals surface area (Å²) in [4.78, 5) is 35.8. The van der Waals surface area contributed by atoms with Gasteiger partial charge in [-0.25, -0.2) is 9.18 Å². The summed E-state index contributed by atoms with van der Waals surface area (Å²) in [5.41, 5.74) is 1.34. The van der Waals surface area contributed by atoms with E-state index in [-0.39, 0.29) is 36.2 Å². The fourth-order valence-electron chi connectivity index (χ4n) is 3.72. The molecule has 11 nitrogen and oxygen atoms in total. The number of nitro benzene ring substituents is 1. The second kappa shape index (κ2) is 9.75. The highest BCUT2D eigenvalue weighted by molar-refractivity contribution is 5.98. The zero-order valence-corrected chi connectivity index (χ0v) is 19.2. The third-order valence-corrected chi connectivity index (χ3v) is 5.69. The number of benzene rings is 2. The van der Waals surface area contributed by atoms with Crippen LogP contribution in [0.5, 0.6) is 11.5 Å². The number of amides is 1. The highest BCUT2D eigenvalue weighted by atomic mass is 19.1. The third kappa shape index (κ3) is 4.67. The van der Waals surface area contributed by atoms with Crippen molar-refractivity contribution < 1.29 is 33.1 Å². The van der Waals surface area contributed by atoms with Gasteiger partial charge in [0, 0.05) is 18.3 Å². The number of anilines is 1. The van der Waals surface area contributed by atoms with Crippen LogP contribution in [0.15, 0.2) is 36.4 Å². The number of hydrogen-bond donors (Lipinski definition) is 1. The largest absolute Gasteiger partial charge is 0.454 e. The molecule has 0 bridgehead atoms. The van der Waals surface area contributed by atoms with E-state index < -0.39 is 40.5 Å². The Morgan fingerprint density at radius 2 is 1.89 bits per heavy atom. The van der Waals surface area contributed by atoms with Crippen molar-refractivity contribution in [1.82, 2.24) is 4.57 Å². The predicted molar refractivity (Wildman–Crippen MR) is 122 cm³/mol. The lowest BCUT2D eigenvalue weighted by Crippen LogP contribution is -2.23. The molecular formula is C24H19FN4O7. The Labute approximate surface area is 203 Å². The number of nitrogens with one attached hydrogen (secondary N) is 1. The summed E-state index contributed by atoms with van der Waals surface area (Å²) in [5.74, 6) is -1.82. The van der Waals surface area contributed by atoms with Crippen LogP contribution < -0.4 is 14.8 Å². The fraction of sp³-hybridized carbons (Fsp3) is 0.208. The molecule has 2 heterocycles. The second-order valence-electron chi connectivity index (χ2n) is 7.86. The van der Waals surface area contributed by atoms with Crippen molar-refractivity contribution in [2.75, 3.05) is 18.7 Å². The zero-order chi connectivity index (χ0) is 26.0. The van der Waals surface area contributed by atoms with E-state index in [1.807, 2.05) is 0 Å². The van der Waals surface area contributed by atoms with Crippen LogP contribution in [0.2, 0.25) is 0 Å². The van der Waals surface area contributed by atoms with E-state index in [0.717, 1.165) is 17.7 Å². The molecule has 0 saturated carbocycles. The molecule has 1 aliphatic heterocycles. The van der Waals surface area contributed by atoms with Gasteiger partial charge in [-0.05, 0) is 37.1 Å². The average Bonchev–Trinajstić information content (AvgIpc) is 3.40. The number of aromatic nitrogens is 1. The number of fused-ring (bicyclic) bond motifs is 1. The first-order valence-corrected chi connectivity index (χ1v) is 10.6. The molecule has 1 N–H and O–H groups in total. The summed E-state index contributed by atoms with van der Waals surface area (Å²) in [6.45, 7) is 2.82. The molecule has 2 aromatic carbocycles. The highest BCUT2D eigenvalue weighted by Gasteiger charge is 2.29. The predicted octanol–water partition coefficient (Wildman–Crippen LogP) is 3.60. The van der Waals surface area contributed by atoms with Crippen LogP contribution in [0.3, 0.4) is 0 Å². The minimum Gasteiger partial charge on any atom is -0.454 e. The lowest BCUT2D eigenvalue weighted by Gasteiger charge is -2.13. The number of hydrogen-bond acceptors (Lipinski definition) is 8. The Morgan fingerprint density at radius 1 is 1.22 bits per heavy atom. The van der Waals surface area contributed by atoms with Gasteiger partial charge in [-0.15, -0.1) is 0 Å². The molecule has 0 fully saturated rings. The van der Waals surface area contributed by atoms with E-state index in [1.165, 1.54) is 12.1 Å². The van der Waals surface area contributed by atoms with Crippen LogP contribution in [0.4, 0.5) is 15.9 Å². The number of nitro groups is 1. The molecule has 1 aromatic heterocycles. The SMILES string of the molecule is Cc1c(C#N)c(NC(=O)COC(=O)c2cc3c(cc2[N+](=O)[O-])OCO3)n(Cc2ccc(F)cc2)c1C. The number of nitrogens with zero attached hydrogens (tertiary/aromatic N) is 3. The van der Waals surface area contributed by atoms with Crippen molar-refractivity contribution in [2.45, 2.75) is 20.4 Å². The van der Waals surface area contributed by atoms with Gasteiger partial charge >= 0.3 is 5.97 Å². The van der Waals surface area contributed by atoms with Gasteiger partial charge in [-0.2, -0.15) is 5.26 Å². The number of nitriles is 1. The van der Waals surface area contributed by atoms with Gasteiger partial charge in [0.25, 0.3) is 11.6 Å². The van der Waals surface area contributed by atoms with Gasteiger partial charge < -0.3 is 24.1 Å². The molecule has 0 saturated heterocycles. The van der Waals surface area contributed by atoms with Gasteiger partial charge in [0.1, 0.15) is 23.3 Å². The van der Waals surface area contributed by atoms with Crippen LogP contribution in [-0.4, -0.2) is 34.8 Å². The standard InChI is InChI=1S/C24H19FN4O7/c1-13-14(2)28(10-15-3-5-16(25)6-4-15)23(18(13)9-26)27-22(30)11-34-24(31)17-7-20-21(36-12-35-20)8-19(17)29(32)33/h3-8H,10-12H2,1-2H3,(H,27,30). The number of ether oxygens (including phenoxy) is 3. The fourth-order valence-corrected chi connectivity index (χ4v) is 3.72. The molecule has 0 aliphatic carbocycles. The first-order chi connectivity index (χ1) is 17.2. The van der Waals surface area contributed by atoms with Crippen molar-refractivity contribution in [3.63, 3.8) is 0 Å². The van der Waals surface area contributed by atoms with Gasteiger partial charge in [-0.1, -0.05) is 12.1 Å². The maximum atomic E-state index is 13.3. The van der Waals surface area contributed by atoms with Crippen molar-refractivity contribution >= 4 is 23.4 Å². The summed E-state index contributed by atoms with van der Waals surface area (Å²) >= 11 is 0. The lowest BCUT2D eigenvalue weighted by atomic mass is 10.1. The maximum absolute atomic E-state index is 13.3. The van der Waals surface area contributed by atoms with Crippen molar-refractivity contribution in [3.05, 3.63) is 80.3 Å². The first-order valence-electron chi connectivity index (χ1n) is 10.6. The van der Waals surface area contributed by atoms with Crippen LogP contribution in [0, 0.1) is 41.1 Å². The number of esters is 1. The molecule has 1 amide bonds. The van der Waals surface area contributed by atoms with E-state index in [0.29, 0.717) is 11.3 Å². The third-order valence-electron chi connectivity index (χ3n) is 5.69. The topological polar surface area (TPSA) is 146 Å². The lowest BCUT2D eigenvalue weighted by molar-refractivity contribution is -0.385. The molecule has 0 unspecified atom stereocenters. The molecule has 0 spiro atoms. The summed E-state index contributed by atoms with van der Waals surface area (Å²) in [6.07, 6.45) is 0. The normalized spacial score (nSPS) is 11.6. The molecule has 0 radical (unpaired) electrons. The minimum absolute atomic E-state index is 0.118. The Hall–Kier alpha value is -4.92. The van der Waals surface area contributed by atoms with E-state index in [2.05, 4.69) is 11.4 Å². The Bertz CT molecular complexity index is 1420. The smallest absolute Gasteiger partial charge is 0.345 e. The Morgan fingerprint density at radius 3 is 2.53 bits per heavy atom. The summed E-state index contributed by atoms with van der Waals surface area (Å²) in [6, 6.07) is 10.0. The summed E-state index contributed by atoms with van der Waals surface area (Å²) < 4.78 is 30.2. The van der Waals surface area contributed by atoms with E-state index in [4.69, 9.17) is 14.2 Å². The summed E-state index contributed by atoms with van der Waals surface area (Å²) in [5, 5.41) is 23.6. The van der Waals surface area contributed by atoms with E-state index in [1.54, 1.807) is 30.5 Å². The number of carbonyl (C=O) groups excluding carboxylic acids is 2. The van der Waals surface area contributed by atoms with Crippen LogP contribution >= 0.6 is 0 Å². The van der Waals surface area contributed by atoms with Gasteiger partial charge in [-0.3, -0.25) is 14.9 Å². The van der Waals surface area contributed by atoms with Crippen molar-refractivity contribution in [1.29, 1.82) is 5.26 Å². The van der Waals surface area contributed by atoms with Crippen molar-refractivity contribution in [3.8, 4) is 17.6 Å². The molecule has 3 aromatic rings. The van der Waals surface area contributed by atoms with Crippen molar-refractivity contribution in [2.24, 2.45) is 0 Å². The monoisotopic (exact) mass is 494 g/mol. The average molecular weight is 494 g/mol. The molecule has 4 rings (SSSR count). The van der Waals surface area contributed by atoms with Crippen LogP contribution in [0.1, 0.15) is 32.7 Å². The van der Waals surface area contributed by atoms with E-state index >= 15 is 0 Å². The molecular weight excluding hydrogens is 475 g/mol. The van der Waals surface area contributed by atoms with Gasteiger partial charge in [0.2, 0.25) is 6.79 Å². The first kappa shape index (κ1) is 24.2. The zero-order valence-electron chi connectivity index (χ0n) is 19.2. The van der Waals surface area contributed by atoms with Gasteiger partial charge in [0.05, 0.1) is 16.6 Å². The molecule has 36 heavy (non-hydrogen) atoms. The quantitative estimate of drug-likeness (QED) is 0.298.